The molecule has 1 aromatic rings. The van der Waals surface area contributed by atoms with Crippen molar-refractivity contribution in [2.24, 2.45) is 0 Å². The highest BCUT2D eigenvalue weighted by Crippen LogP contribution is 2.01. The molecule has 0 spiro atoms. The van der Waals surface area contributed by atoms with Gasteiger partial charge in [-0.05, 0) is 6.42 Å². The summed E-state index contributed by atoms with van der Waals surface area (Å²) < 4.78 is 1.75. The zero-order valence-electron chi connectivity index (χ0n) is 8.05. The van der Waals surface area contributed by atoms with Gasteiger partial charge in [-0.1, -0.05) is 0 Å². The van der Waals surface area contributed by atoms with Crippen LogP contribution in [0.25, 0.3) is 0 Å². The largest absolute Gasteiger partial charge is 0.355 e. The van der Waals surface area contributed by atoms with Crippen LogP contribution in [0.1, 0.15) is 13.3 Å². The molecule has 0 bridgehead atoms. The summed E-state index contributed by atoms with van der Waals surface area (Å²) >= 11 is 4.34. The van der Waals surface area contributed by atoms with Crippen molar-refractivity contribution < 1.29 is 4.79 Å². The number of thiol groups is 1. The summed E-state index contributed by atoms with van der Waals surface area (Å²) in [7, 11) is 0. The van der Waals surface area contributed by atoms with Crippen LogP contribution in [0.15, 0.2) is 12.7 Å². The minimum Gasteiger partial charge on any atom is -0.355 e. The van der Waals surface area contributed by atoms with Crippen molar-refractivity contribution in [3.05, 3.63) is 12.7 Å². The lowest BCUT2D eigenvalue weighted by Crippen LogP contribution is -2.28. The molecule has 1 rings (SSSR count). The molecule has 1 aromatic heterocycles. The lowest BCUT2D eigenvalue weighted by Gasteiger charge is -2.10. The number of carbonyl (C=O) groups is 1. The van der Waals surface area contributed by atoms with Crippen molar-refractivity contribution in [1.29, 1.82) is 0 Å². The van der Waals surface area contributed by atoms with E-state index in [1.807, 2.05) is 0 Å². The van der Waals surface area contributed by atoms with E-state index in [1.165, 1.54) is 13.3 Å². The summed E-state index contributed by atoms with van der Waals surface area (Å²) in [4.78, 5) is 14.4. The maximum Gasteiger partial charge on any atom is 0.216 e. The molecule has 1 atom stereocenters. The summed E-state index contributed by atoms with van der Waals surface area (Å²) in [5.41, 5.74) is 0. The predicted molar refractivity (Wildman–Crippen MR) is 56.1 cm³/mol. The monoisotopic (exact) mass is 214 g/mol. The van der Waals surface area contributed by atoms with Crippen LogP contribution in [-0.4, -0.2) is 32.5 Å². The number of aryl methyl sites for hydroxylation is 1. The van der Waals surface area contributed by atoms with Crippen LogP contribution in [-0.2, 0) is 11.3 Å². The van der Waals surface area contributed by atoms with E-state index in [2.05, 4.69) is 28.0 Å². The molecule has 78 valence electrons. The van der Waals surface area contributed by atoms with E-state index in [-0.39, 0.29) is 11.2 Å². The highest BCUT2D eigenvalue weighted by atomic mass is 32.1. The van der Waals surface area contributed by atoms with Crippen LogP contribution in [0.4, 0.5) is 0 Å². The molecule has 1 unspecified atom stereocenters. The number of hydrogen-bond donors (Lipinski definition) is 2. The zero-order valence-corrected chi connectivity index (χ0v) is 8.94. The number of nitrogens with zero attached hydrogens (tertiary/aromatic N) is 3. The second-order valence-corrected chi connectivity index (χ2v) is 3.77. The molecule has 14 heavy (non-hydrogen) atoms. The van der Waals surface area contributed by atoms with E-state index < -0.39 is 0 Å². The maximum atomic E-state index is 10.6. The fraction of sp³-hybridized carbons (Fsp3) is 0.625. The SMILES string of the molecule is CC(=O)NCC(S)CCn1cncn1. The number of hydrogen-bond acceptors (Lipinski definition) is 4. The third-order valence-electron chi connectivity index (χ3n) is 1.74. The molecule has 1 amide bonds. The molecule has 6 heteroatoms. The Morgan fingerprint density at radius 1 is 1.71 bits per heavy atom. The first kappa shape index (κ1) is 11.0. The number of aromatic nitrogens is 3. The Balaban J connectivity index is 2.15. The Bertz CT molecular complexity index is 275. The van der Waals surface area contributed by atoms with E-state index in [9.17, 15) is 4.79 Å². The molecule has 0 saturated heterocycles. The first-order chi connectivity index (χ1) is 6.68. The normalized spacial score (nSPS) is 12.4. The molecule has 0 radical (unpaired) electrons. The van der Waals surface area contributed by atoms with Gasteiger partial charge >= 0.3 is 0 Å². The number of rotatable bonds is 5. The first-order valence-electron chi connectivity index (χ1n) is 4.43. The predicted octanol–water partition coefficient (Wildman–Crippen LogP) is 0.103. The summed E-state index contributed by atoms with van der Waals surface area (Å²) in [6.45, 7) is 2.86. The summed E-state index contributed by atoms with van der Waals surface area (Å²) in [6, 6.07) is 0. The second-order valence-electron chi connectivity index (χ2n) is 3.04. The number of nitrogens with one attached hydrogen (secondary N) is 1. The molecule has 0 aliphatic carbocycles. The fourth-order valence-electron chi connectivity index (χ4n) is 0.993. The van der Waals surface area contributed by atoms with Gasteiger partial charge in [0, 0.05) is 25.3 Å². The van der Waals surface area contributed by atoms with Gasteiger partial charge in [-0.3, -0.25) is 9.48 Å². The van der Waals surface area contributed by atoms with Crippen molar-refractivity contribution in [3.63, 3.8) is 0 Å². The van der Waals surface area contributed by atoms with Gasteiger partial charge in [0.15, 0.2) is 0 Å². The van der Waals surface area contributed by atoms with Crippen LogP contribution in [0.3, 0.4) is 0 Å². The quantitative estimate of drug-likeness (QED) is 0.684. The van der Waals surface area contributed by atoms with Gasteiger partial charge in [0.05, 0.1) is 0 Å². The fourth-order valence-corrected chi connectivity index (χ4v) is 1.20. The van der Waals surface area contributed by atoms with E-state index in [0.717, 1.165) is 13.0 Å². The van der Waals surface area contributed by atoms with E-state index in [1.54, 1.807) is 11.0 Å². The van der Waals surface area contributed by atoms with Crippen LogP contribution in [0.2, 0.25) is 0 Å². The van der Waals surface area contributed by atoms with Crippen LogP contribution in [0.5, 0.6) is 0 Å². The molecule has 5 nitrogen and oxygen atoms in total. The maximum absolute atomic E-state index is 10.6. The third-order valence-corrected chi connectivity index (χ3v) is 2.19. The van der Waals surface area contributed by atoms with Crippen molar-refractivity contribution in [3.8, 4) is 0 Å². The zero-order chi connectivity index (χ0) is 10.4. The lowest BCUT2D eigenvalue weighted by atomic mass is 10.3. The van der Waals surface area contributed by atoms with Crippen LogP contribution >= 0.6 is 12.6 Å². The van der Waals surface area contributed by atoms with Crippen LogP contribution in [0, 0.1) is 0 Å². The van der Waals surface area contributed by atoms with Gasteiger partial charge in [0.2, 0.25) is 5.91 Å². The average molecular weight is 214 g/mol. The van der Waals surface area contributed by atoms with Gasteiger partial charge in [-0.15, -0.1) is 0 Å². The van der Waals surface area contributed by atoms with Crippen LogP contribution < -0.4 is 5.32 Å². The van der Waals surface area contributed by atoms with E-state index >= 15 is 0 Å². The molecule has 0 aliphatic heterocycles. The van der Waals surface area contributed by atoms with Gasteiger partial charge in [-0.2, -0.15) is 17.7 Å². The van der Waals surface area contributed by atoms with E-state index in [0.29, 0.717) is 6.54 Å². The lowest BCUT2D eigenvalue weighted by molar-refractivity contribution is -0.118. The van der Waals surface area contributed by atoms with Gasteiger partial charge < -0.3 is 5.32 Å². The van der Waals surface area contributed by atoms with Crippen molar-refractivity contribution >= 4 is 18.5 Å². The molecule has 0 aliphatic rings. The molecular formula is C8H14N4OS. The standard InChI is InChI=1S/C8H14N4OS/c1-7(13)10-4-8(14)2-3-12-6-9-5-11-12/h5-6,8,14H,2-4H2,1H3,(H,10,13). The Hall–Kier alpha value is -1.04. The average Bonchev–Trinajstić information content (AvgIpc) is 2.63. The Morgan fingerprint density at radius 3 is 3.07 bits per heavy atom. The van der Waals surface area contributed by atoms with Crippen molar-refractivity contribution in [2.75, 3.05) is 6.54 Å². The molecular weight excluding hydrogens is 200 g/mol. The number of amides is 1. The molecule has 0 fully saturated rings. The third kappa shape index (κ3) is 4.27. The van der Waals surface area contributed by atoms with Gasteiger partial charge in [0.1, 0.15) is 12.7 Å². The summed E-state index contributed by atoms with van der Waals surface area (Å²) in [6.07, 6.45) is 4.02. The van der Waals surface area contributed by atoms with E-state index in [4.69, 9.17) is 0 Å². The summed E-state index contributed by atoms with van der Waals surface area (Å²) in [5.74, 6) is -0.0233. The van der Waals surface area contributed by atoms with Crippen molar-refractivity contribution in [1.82, 2.24) is 20.1 Å². The Labute approximate surface area is 88.3 Å². The molecule has 1 N–H and O–H groups in total. The minimum atomic E-state index is -0.0233. The smallest absolute Gasteiger partial charge is 0.216 e. The first-order valence-corrected chi connectivity index (χ1v) is 4.95. The Morgan fingerprint density at radius 2 is 2.50 bits per heavy atom. The summed E-state index contributed by atoms with van der Waals surface area (Å²) in [5, 5.41) is 6.84. The second kappa shape index (κ2) is 5.64. The highest BCUT2D eigenvalue weighted by molar-refractivity contribution is 7.81. The molecule has 1 heterocycles. The molecule has 0 aromatic carbocycles. The minimum absolute atomic E-state index is 0.0233. The molecule has 0 saturated carbocycles. The number of carbonyl (C=O) groups excluding carboxylic acids is 1. The van der Waals surface area contributed by atoms with Gasteiger partial charge in [-0.25, -0.2) is 4.98 Å². The topological polar surface area (TPSA) is 59.8 Å². The highest BCUT2D eigenvalue weighted by Gasteiger charge is 2.04. The Kier molecular flexibility index (Phi) is 4.45. The van der Waals surface area contributed by atoms with Gasteiger partial charge in [0.25, 0.3) is 0 Å². The van der Waals surface area contributed by atoms with Crippen molar-refractivity contribution in [2.45, 2.75) is 25.1 Å².